The lowest BCUT2D eigenvalue weighted by Crippen LogP contribution is -1.96. The van der Waals surface area contributed by atoms with Crippen LogP contribution in [0.3, 0.4) is 0 Å². The summed E-state index contributed by atoms with van der Waals surface area (Å²) >= 11 is 5.86. The molecular weight excluding hydrogens is 232 g/mol. The fraction of sp³-hybridized carbons (Fsp3) is 0.143. The molecule has 2 nitrogen and oxygen atoms in total. The Labute approximate surface area is 106 Å². The van der Waals surface area contributed by atoms with Crippen molar-refractivity contribution in [2.75, 3.05) is 11.1 Å². The molecule has 0 saturated carbocycles. The van der Waals surface area contributed by atoms with Crippen molar-refractivity contribution in [1.82, 2.24) is 0 Å². The van der Waals surface area contributed by atoms with Crippen LogP contribution in [-0.4, -0.2) is 0 Å². The molecule has 0 fully saturated rings. The van der Waals surface area contributed by atoms with E-state index < -0.39 is 0 Å². The van der Waals surface area contributed by atoms with E-state index in [1.54, 1.807) is 6.07 Å². The van der Waals surface area contributed by atoms with Gasteiger partial charge in [0.25, 0.3) is 0 Å². The summed E-state index contributed by atoms with van der Waals surface area (Å²) in [4.78, 5) is 0. The van der Waals surface area contributed by atoms with Crippen LogP contribution in [-0.2, 0) is 6.42 Å². The van der Waals surface area contributed by atoms with E-state index in [0.29, 0.717) is 10.7 Å². The molecule has 0 atom stereocenters. The zero-order valence-electron chi connectivity index (χ0n) is 9.70. The van der Waals surface area contributed by atoms with Crippen LogP contribution in [0.2, 0.25) is 5.02 Å². The van der Waals surface area contributed by atoms with E-state index in [0.717, 1.165) is 17.8 Å². The topological polar surface area (TPSA) is 38.0 Å². The maximum absolute atomic E-state index is 5.89. The third-order valence-corrected chi connectivity index (χ3v) is 2.86. The lowest BCUT2D eigenvalue weighted by atomic mass is 10.1. The number of hydrogen-bond acceptors (Lipinski definition) is 2. The molecule has 0 aliphatic carbocycles. The summed E-state index contributed by atoms with van der Waals surface area (Å²) in [6.45, 7) is 2.13. The van der Waals surface area contributed by atoms with Crippen molar-refractivity contribution < 1.29 is 0 Å². The van der Waals surface area contributed by atoms with Gasteiger partial charge in [0.2, 0.25) is 0 Å². The highest BCUT2D eigenvalue weighted by Gasteiger charge is 2.01. The van der Waals surface area contributed by atoms with Gasteiger partial charge in [-0.3, -0.25) is 0 Å². The number of hydrogen-bond donors (Lipinski definition) is 2. The summed E-state index contributed by atoms with van der Waals surface area (Å²) in [6, 6.07) is 13.7. The average molecular weight is 247 g/mol. The van der Waals surface area contributed by atoms with Gasteiger partial charge in [0, 0.05) is 10.7 Å². The number of nitrogens with two attached hydrogens (primary N) is 1. The van der Waals surface area contributed by atoms with Crippen LogP contribution in [0.5, 0.6) is 0 Å². The first kappa shape index (κ1) is 11.8. The molecule has 0 aromatic heterocycles. The highest BCUT2D eigenvalue weighted by atomic mass is 35.5. The van der Waals surface area contributed by atoms with Gasteiger partial charge in [-0.15, -0.1) is 0 Å². The van der Waals surface area contributed by atoms with Gasteiger partial charge in [0.05, 0.1) is 11.4 Å². The highest BCUT2D eigenvalue weighted by Crippen LogP contribution is 2.26. The monoisotopic (exact) mass is 246 g/mol. The second kappa shape index (κ2) is 5.11. The molecule has 2 aromatic rings. The first-order chi connectivity index (χ1) is 8.19. The summed E-state index contributed by atoms with van der Waals surface area (Å²) in [7, 11) is 0. The van der Waals surface area contributed by atoms with E-state index in [1.165, 1.54) is 5.56 Å². The van der Waals surface area contributed by atoms with Crippen LogP contribution in [0.15, 0.2) is 42.5 Å². The van der Waals surface area contributed by atoms with E-state index >= 15 is 0 Å². The first-order valence-corrected chi connectivity index (χ1v) is 5.98. The van der Waals surface area contributed by atoms with Crippen LogP contribution in [0, 0.1) is 0 Å². The summed E-state index contributed by atoms with van der Waals surface area (Å²) in [5, 5.41) is 3.94. The number of benzene rings is 2. The van der Waals surface area contributed by atoms with Crippen molar-refractivity contribution in [3.05, 3.63) is 53.1 Å². The van der Waals surface area contributed by atoms with Gasteiger partial charge >= 0.3 is 0 Å². The molecule has 0 aliphatic heterocycles. The number of anilines is 3. The molecule has 0 amide bonds. The standard InChI is InChI=1S/C14H15ClN2/c1-2-10-4-3-5-12(8-10)17-14-7-6-11(15)9-13(14)16/h3-9,17H,2,16H2,1H3. The van der Waals surface area contributed by atoms with Crippen LogP contribution in [0.1, 0.15) is 12.5 Å². The summed E-state index contributed by atoms with van der Waals surface area (Å²) in [6.07, 6.45) is 1.02. The van der Waals surface area contributed by atoms with E-state index in [4.69, 9.17) is 17.3 Å². The number of nitrogen functional groups attached to an aromatic ring is 1. The van der Waals surface area contributed by atoms with Crippen LogP contribution in [0.25, 0.3) is 0 Å². The maximum Gasteiger partial charge on any atom is 0.0618 e. The molecule has 0 saturated heterocycles. The van der Waals surface area contributed by atoms with Gasteiger partial charge in [0.1, 0.15) is 0 Å². The second-order valence-corrected chi connectivity index (χ2v) is 4.35. The number of aryl methyl sites for hydroxylation is 1. The van der Waals surface area contributed by atoms with E-state index in [-0.39, 0.29) is 0 Å². The number of rotatable bonds is 3. The van der Waals surface area contributed by atoms with E-state index in [1.807, 2.05) is 24.3 Å². The Morgan fingerprint density at radius 3 is 2.71 bits per heavy atom. The molecule has 2 rings (SSSR count). The summed E-state index contributed by atoms with van der Waals surface area (Å²) in [5.74, 6) is 0. The number of nitrogens with one attached hydrogen (secondary N) is 1. The molecule has 88 valence electrons. The average Bonchev–Trinajstić information content (AvgIpc) is 2.33. The molecule has 0 bridgehead atoms. The molecule has 17 heavy (non-hydrogen) atoms. The quantitative estimate of drug-likeness (QED) is 0.796. The van der Waals surface area contributed by atoms with Crippen molar-refractivity contribution in [3.63, 3.8) is 0 Å². The van der Waals surface area contributed by atoms with Crippen molar-refractivity contribution in [1.29, 1.82) is 0 Å². The normalized spacial score (nSPS) is 10.2. The predicted octanol–water partition coefficient (Wildman–Crippen LogP) is 4.23. The Morgan fingerprint density at radius 1 is 1.18 bits per heavy atom. The zero-order valence-corrected chi connectivity index (χ0v) is 10.5. The maximum atomic E-state index is 5.89. The van der Waals surface area contributed by atoms with Gasteiger partial charge in [-0.2, -0.15) is 0 Å². The largest absolute Gasteiger partial charge is 0.397 e. The minimum absolute atomic E-state index is 0.648. The molecule has 0 aliphatic rings. The van der Waals surface area contributed by atoms with Crippen molar-refractivity contribution >= 4 is 28.7 Å². The molecule has 0 spiro atoms. The second-order valence-electron chi connectivity index (χ2n) is 3.91. The van der Waals surface area contributed by atoms with Crippen molar-refractivity contribution in [3.8, 4) is 0 Å². The highest BCUT2D eigenvalue weighted by molar-refractivity contribution is 6.31. The van der Waals surface area contributed by atoms with E-state index in [2.05, 4.69) is 24.4 Å². The third-order valence-electron chi connectivity index (χ3n) is 2.63. The van der Waals surface area contributed by atoms with Gasteiger partial charge in [-0.1, -0.05) is 30.7 Å². The van der Waals surface area contributed by atoms with Gasteiger partial charge in [-0.25, -0.2) is 0 Å². The Kier molecular flexibility index (Phi) is 3.55. The molecule has 2 aromatic carbocycles. The van der Waals surface area contributed by atoms with Gasteiger partial charge in [-0.05, 0) is 42.3 Å². The molecule has 0 radical (unpaired) electrons. The SMILES string of the molecule is CCc1cccc(Nc2ccc(Cl)cc2N)c1. The Bertz CT molecular complexity index is 523. The van der Waals surface area contributed by atoms with Crippen molar-refractivity contribution in [2.24, 2.45) is 0 Å². The van der Waals surface area contributed by atoms with Crippen LogP contribution in [0.4, 0.5) is 17.1 Å². The first-order valence-electron chi connectivity index (χ1n) is 5.60. The smallest absolute Gasteiger partial charge is 0.0618 e. The third kappa shape index (κ3) is 2.92. The number of halogens is 1. The fourth-order valence-corrected chi connectivity index (χ4v) is 1.85. The lowest BCUT2D eigenvalue weighted by Gasteiger charge is -2.10. The summed E-state index contributed by atoms with van der Waals surface area (Å²) in [5.41, 5.74) is 9.76. The Hall–Kier alpha value is -1.67. The van der Waals surface area contributed by atoms with Crippen LogP contribution >= 0.6 is 11.6 Å². The minimum atomic E-state index is 0.648. The molecule has 3 heteroatoms. The predicted molar refractivity (Wildman–Crippen MR) is 75.0 cm³/mol. The van der Waals surface area contributed by atoms with Gasteiger partial charge < -0.3 is 11.1 Å². The fourth-order valence-electron chi connectivity index (χ4n) is 1.67. The molecular formula is C14H15ClN2. The zero-order chi connectivity index (χ0) is 12.3. The van der Waals surface area contributed by atoms with E-state index in [9.17, 15) is 0 Å². The molecule has 0 unspecified atom stereocenters. The Balaban J connectivity index is 2.25. The van der Waals surface area contributed by atoms with Crippen molar-refractivity contribution in [2.45, 2.75) is 13.3 Å². The van der Waals surface area contributed by atoms with Crippen LogP contribution < -0.4 is 11.1 Å². The Morgan fingerprint density at radius 2 is 2.00 bits per heavy atom. The lowest BCUT2D eigenvalue weighted by molar-refractivity contribution is 1.14. The molecule has 3 N–H and O–H groups in total. The summed E-state index contributed by atoms with van der Waals surface area (Å²) < 4.78 is 0. The van der Waals surface area contributed by atoms with Gasteiger partial charge in [0.15, 0.2) is 0 Å². The molecule has 0 heterocycles. The minimum Gasteiger partial charge on any atom is -0.397 e.